The Bertz CT molecular complexity index is 459. The van der Waals surface area contributed by atoms with Gasteiger partial charge in [0.1, 0.15) is 11.9 Å². The molecule has 0 spiro atoms. The van der Waals surface area contributed by atoms with Crippen LogP contribution in [0.15, 0.2) is 24.3 Å². The van der Waals surface area contributed by atoms with Crippen LogP contribution in [0.5, 0.6) is 0 Å². The number of nitrogens with one attached hydrogen (secondary N) is 1. The molecule has 0 aliphatic rings. The van der Waals surface area contributed by atoms with Gasteiger partial charge in [0.25, 0.3) is 0 Å². The Morgan fingerprint density at radius 2 is 1.86 bits per heavy atom. The topological polar surface area (TPSA) is 66.4 Å². The fraction of sp³-hybridized carbons (Fsp3) is 0.500. The van der Waals surface area contributed by atoms with E-state index in [2.05, 4.69) is 12.2 Å². The standard InChI is InChI=1S/C16H22FNO3/c1-2-3-4-5-6-14(16(20)21)18-15(19)11-12-7-9-13(17)10-8-12/h7-10,14H,2-6,11H2,1H3,(H,18,19)(H,20,21)/t14-/m1/s1. The molecule has 1 rings (SSSR count). The number of carbonyl (C=O) groups is 2. The molecule has 2 N–H and O–H groups in total. The fourth-order valence-corrected chi connectivity index (χ4v) is 2.07. The van der Waals surface area contributed by atoms with Crippen molar-refractivity contribution in [2.45, 2.75) is 51.5 Å². The van der Waals surface area contributed by atoms with Crippen molar-refractivity contribution in [3.8, 4) is 0 Å². The summed E-state index contributed by atoms with van der Waals surface area (Å²) in [5.74, 6) is -1.73. The van der Waals surface area contributed by atoms with Gasteiger partial charge in [-0.3, -0.25) is 4.79 Å². The average Bonchev–Trinajstić information content (AvgIpc) is 2.44. The highest BCUT2D eigenvalue weighted by Gasteiger charge is 2.19. The number of unbranched alkanes of at least 4 members (excludes halogenated alkanes) is 3. The lowest BCUT2D eigenvalue weighted by Crippen LogP contribution is -2.41. The van der Waals surface area contributed by atoms with Gasteiger partial charge in [-0.15, -0.1) is 0 Å². The van der Waals surface area contributed by atoms with Crippen molar-refractivity contribution in [3.05, 3.63) is 35.6 Å². The number of hydrogen-bond donors (Lipinski definition) is 2. The number of carbonyl (C=O) groups excluding carboxylic acids is 1. The highest BCUT2D eigenvalue weighted by molar-refractivity contribution is 5.84. The van der Waals surface area contributed by atoms with Crippen molar-refractivity contribution in [1.29, 1.82) is 0 Å². The summed E-state index contributed by atoms with van der Waals surface area (Å²) in [7, 11) is 0. The van der Waals surface area contributed by atoms with Crippen LogP contribution in [0, 0.1) is 5.82 Å². The van der Waals surface area contributed by atoms with Crippen LogP contribution < -0.4 is 5.32 Å². The summed E-state index contributed by atoms with van der Waals surface area (Å²) in [6, 6.07) is 4.75. The Morgan fingerprint density at radius 3 is 2.43 bits per heavy atom. The van der Waals surface area contributed by atoms with Gasteiger partial charge >= 0.3 is 5.97 Å². The predicted molar refractivity (Wildman–Crippen MR) is 78.4 cm³/mol. The summed E-state index contributed by atoms with van der Waals surface area (Å²) in [5, 5.41) is 11.6. The van der Waals surface area contributed by atoms with Gasteiger partial charge in [0.05, 0.1) is 6.42 Å². The molecule has 0 fully saturated rings. The van der Waals surface area contributed by atoms with E-state index in [-0.39, 0.29) is 18.1 Å². The Hall–Kier alpha value is -1.91. The lowest BCUT2D eigenvalue weighted by Gasteiger charge is -2.14. The van der Waals surface area contributed by atoms with Crippen molar-refractivity contribution >= 4 is 11.9 Å². The van der Waals surface area contributed by atoms with E-state index in [1.54, 1.807) is 0 Å². The maximum absolute atomic E-state index is 12.8. The first-order chi connectivity index (χ1) is 10.0. The summed E-state index contributed by atoms with van der Waals surface area (Å²) in [6.45, 7) is 2.08. The molecule has 0 saturated carbocycles. The molecule has 1 atom stereocenters. The van der Waals surface area contributed by atoms with Gasteiger partial charge in [-0.05, 0) is 24.1 Å². The molecular formula is C16H22FNO3. The molecule has 0 bridgehead atoms. The minimum atomic E-state index is -1.01. The molecule has 0 saturated heterocycles. The van der Waals surface area contributed by atoms with Crippen LogP contribution in [0.25, 0.3) is 0 Å². The minimum absolute atomic E-state index is 0.0546. The zero-order valence-electron chi connectivity index (χ0n) is 12.3. The maximum atomic E-state index is 12.8. The Kier molecular flexibility index (Phi) is 7.43. The molecule has 5 heteroatoms. The maximum Gasteiger partial charge on any atom is 0.326 e. The van der Waals surface area contributed by atoms with E-state index in [9.17, 15) is 14.0 Å². The molecule has 0 aromatic heterocycles. The van der Waals surface area contributed by atoms with Crippen molar-refractivity contribution in [2.75, 3.05) is 0 Å². The van der Waals surface area contributed by atoms with Crippen LogP contribution in [0.1, 0.15) is 44.6 Å². The molecule has 4 nitrogen and oxygen atoms in total. The lowest BCUT2D eigenvalue weighted by atomic mass is 10.1. The summed E-state index contributed by atoms with van der Waals surface area (Å²) < 4.78 is 12.8. The van der Waals surface area contributed by atoms with E-state index in [4.69, 9.17) is 5.11 Å². The van der Waals surface area contributed by atoms with Gasteiger partial charge in [0.15, 0.2) is 0 Å². The van der Waals surface area contributed by atoms with E-state index in [0.717, 1.165) is 25.7 Å². The van der Waals surface area contributed by atoms with Gasteiger partial charge in [-0.1, -0.05) is 44.7 Å². The van der Waals surface area contributed by atoms with Crippen LogP contribution >= 0.6 is 0 Å². The average molecular weight is 295 g/mol. The Balaban J connectivity index is 2.44. The van der Waals surface area contributed by atoms with Crippen LogP contribution in [-0.4, -0.2) is 23.0 Å². The zero-order chi connectivity index (χ0) is 15.7. The molecule has 0 aliphatic heterocycles. The number of halogens is 1. The van der Waals surface area contributed by atoms with Crippen LogP contribution in [0.4, 0.5) is 4.39 Å². The van der Waals surface area contributed by atoms with Gasteiger partial charge in [-0.25, -0.2) is 9.18 Å². The summed E-state index contributed by atoms with van der Waals surface area (Å²) in [6.07, 6.45) is 4.38. The summed E-state index contributed by atoms with van der Waals surface area (Å²) in [4.78, 5) is 23.0. The first-order valence-electron chi connectivity index (χ1n) is 7.29. The van der Waals surface area contributed by atoms with E-state index < -0.39 is 12.0 Å². The Labute approximate surface area is 124 Å². The monoisotopic (exact) mass is 295 g/mol. The molecule has 0 radical (unpaired) electrons. The van der Waals surface area contributed by atoms with Crippen LogP contribution in [0.2, 0.25) is 0 Å². The third-order valence-corrected chi connectivity index (χ3v) is 3.26. The normalized spacial score (nSPS) is 11.9. The van der Waals surface area contributed by atoms with Crippen molar-refractivity contribution in [1.82, 2.24) is 5.32 Å². The zero-order valence-corrected chi connectivity index (χ0v) is 12.3. The van der Waals surface area contributed by atoms with E-state index in [1.165, 1.54) is 24.3 Å². The fourth-order valence-electron chi connectivity index (χ4n) is 2.07. The summed E-state index contributed by atoms with van der Waals surface area (Å²) >= 11 is 0. The number of carboxylic acid groups (broad SMARTS) is 1. The number of hydrogen-bond acceptors (Lipinski definition) is 2. The van der Waals surface area contributed by atoms with Gasteiger partial charge < -0.3 is 10.4 Å². The molecule has 21 heavy (non-hydrogen) atoms. The SMILES string of the molecule is CCCCCC[C@@H](NC(=O)Cc1ccc(F)cc1)C(=O)O. The third-order valence-electron chi connectivity index (χ3n) is 3.26. The molecule has 0 unspecified atom stereocenters. The molecule has 116 valence electrons. The molecule has 1 aromatic carbocycles. The lowest BCUT2D eigenvalue weighted by molar-refractivity contribution is -0.142. The summed E-state index contributed by atoms with van der Waals surface area (Å²) in [5.41, 5.74) is 0.657. The van der Waals surface area contributed by atoms with Crippen molar-refractivity contribution < 1.29 is 19.1 Å². The van der Waals surface area contributed by atoms with Crippen molar-refractivity contribution in [3.63, 3.8) is 0 Å². The second-order valence-electron chi connectivity index (χ2n) is 5.11. The first-order valence-corrected chi connectivity index (χ1v) is 7.29. The van der Waals surface area contributed by atoms with Gasteiger partial charge in [0, 0.05) is 0 Å². The largest absolute Gasteiger partial charge is 0.480 e. The highest BCUT2D eigenvalue weighted by atomic mass is 19.1. The van der Waals surface area contributed by atoms with E-state index in [0.29, 0.717) is 12.0 Å². The molecular weight excluding hydrogens is 273 g/mol. The molecule has 1 amide bonds. The first kappa shape index (κ1) is 17.1. The van der Waals surface area contributed by atoms with Crippen molar-refractivity contribution in [2.24, 2.45) is 0 Å². The number of carboxylic acids is 1. The number of benzene rings is 1. The van der Waals surface area contributed by atoms with E-state index >= 15 is 0 Å². The molecule has 0 aliphatic carbocycles. The quantitative estimate of drug-likeness (QED) is 0.688. The second-order valence-corrected chi connectivity index (χ2v) is 5.11. The number of amides is 1. The van der Waals surface area contributed by atoms with E-state index in [1.807, 2.05) is 0 Å². The van der Waals surface area contributed by atoms with Crippen LogP contribution in [0.3, 0.4) is 0 Å². The highest BCUT2D eigenvalue weighted by Crippen LogP contribution is 2.07. The predicted octanol–water partition coefficient (Wildman–Crippen LogP) is 2.91. The molecule has 1 aromatic rings. The van der Waals surface area contributed by atoms with Crippen LogP contribution in [-0.2, 0) is 16.0 Å². The molecule has 0 heterocycles. The number of aliphatic carboxylic acids is 1. The second kappa shape index (κ2) is 9.10. The smallest absolute Gasteiger partial charge is 0.326 e. The minimum Gasteiger partial charge on any atom is -0.480 e. The number of rotatable bonds is 9. The van der Waals surface area contributed by atoms with Gasteiger partial charge in [-0.2, -0.15) is 0 Å². The Morgan fingerprint density at radius 1 is 1.19 bits per heavy atom. The van der Waals surface area contributed by atoms with Gasteiger partial charge in [0.2, 0.25) is 5.91 Å². The third kappa shape index (κ3) is 6.88.